The molecule has 94 valence electrons. The SMILES string of the molecule is CC1CCN(C(C)c2ccccc2Cl)CC1O. The number of β-amino-alcohol motifs (C(OH)–C–C–N with tert-alkyl or cyclic N) is 1. The summed E-state index contributed by atoms with van der Waals surface area (Å²) in [5, 5.41) is 10.8. The van der Waals surface area contributed by atoms with Crippen molar-refractivity contribution in [1.29, 1.82) is 0 Å². The fourth-order valence-corrected chi connectivity index (χ4v) is 2.73. The molecule has 1 aliphatic heterocycles. The van der Waals surface area contributed by atoms with Crippen LogP contribution in [0.1, 0.15) is 31.9 Å². The summed E-state index contributed by atoms with van der Waals surface area (Å²) in [6.07, 6.45) is 0.837. The summed E-state index contributed by atoms with van der Waals surface area (Å²) in [5.74, 6) is 0.407. The quantitative estimate of drug-likeness (QED) is 0.876. The lowest BCUT2D eigenvalue weighted by atomic mass is 9.94. The Labute approximate surface area is 108 Å². The van der Waals surface area contributed by atoms with E-state index < -0.39 is 0 Å². The minimum absolute atomic E-state index is 0.214. The van der Waals surface area contributed by atoms with E-state index in [1.54, 1.807) is 0 Å². The summed E-state index contributed by atoms with van der Waals surface area (Å²) in [7, 11) is 0. The predicted molar refractivity (Wildman–Crippen MR) is 71.2 cm³/mol. The number of halogens is 1. The van der Waals surface area contributed by atoms with Crippen molar-refractivity contribution in [2.24, 2.45) is 5.92 Å². The van der Waals surface area contributed by atoms with Crippen LogP contribution in [0.3, 0.4) is 0 Å². The van der Waals surface area contributed by atoms with Crippen LogP contribution in [-0.4, -0.2) is 29.2 Å². The van der Waals surface area contributed by atoms with Gasteiger partial charge < -0.3 is 5.11 Å². The molecule has 1 heterocycles. The van der Waals surface area contributed by atoms with Gasteiger partial charge in [-0.05, 0) is 37.4 Å². The molecule has 1 aliphatic rings. The summed E-state index contributed by atoms with van der Waals surface area (Å²) in [6.45, 7) is 6.05. The maximum absolute atomic E-state index is 9.94. The predicted octanol–water partition coefficient (Wildman–Crippen LogP) is 3.10. The van der Waals surface area contributed by atoms with Crippen LogP contribution in [-0.2, 0) is 0 Å². The molecule has 17 heavy (non-hydrogen) atoms. The minimum atomic E-state index is -0.214. The smallest absolute Gasteiger partial charge is 0.0693 e. The minimum Gasteiger partial charge on any atom is -0.392 e. The number of hydrogen-bond donors (Lipinski definition) is 1. The molecule has 0 radical (unpaired) electrons. The molecule has 3 unspecified atom stereocenters. The van der Waals surface area contributed by atoms with E-state index in [2.05, 4.69) is 24.8 Å². The Hall–Kier alpha value is -0.570. The van der Waals surface area contributed by atoms with Gasteiger partial charge in [0.2, 0.25) is 0 Å². The molecule has 1 saturated heterocycles. The van der Waals surface area contributed by atoms with Crippen molar-refractivity contribution in [1.82, 2.24) is 4.90 Å². The Kier molecular flexibility index (Phi) is 4.08. The first kappa shape index (κ1) is 12.9. The highest BCUT2D eigenvalue weighted by atomic mass is 35.5. The average Bonchev–Trinajstić information content (AvgIpc) is 2.32. The number of rotatable bonds is 2. The van der Waals surface area contributed by atoms with Crippen molar-refractivity contribution < 1.29 is 5.11 Å². The number of aliphatic hydroxyl groups excluding tert-OH is 1. The van der Waals surface area contributed by atoms with E-state index in [-0.39, 0.29) is 12.1 Å². The fourth-order valence-electron chi connectivity index (χ4n) is 2.44. The molecule has 1 aromatic carbocycles. The van der Waals surface area contributed by atoms with Crippen molar-refractivity contribution in [3.05, 3.63) is 34.9 Å². The second kappa shape index (κ2) is 5.38. The first-order chi connectivity index (χ1) is 8.09. The molecule has 2 rings (SSSR count). The lowest BCUT2D eigenvalue weighted by Crippen LogP contribution is -2.43. The Morgan fingerprint density at radius 2 is 2.12 bits per heavy atom. The largest absolute Gasteiger partial charge is 0.392 e. The summed E-state index contributed by atoms with van der Waals surface area (Å²) < 4.78 is 0. The van der Waals surface area contributed by atoms with Gasteiger partial charge in [0.25, 0.3) is 0 Å². The third kappa shape index (κ3) is 2.82. The summed E-state index contributed by atoms with van der Waals surface area (Å²) >= 11 is 6.21. The average molecular weight is 254 g/mol. The molecule has 0 spiro atoms. The molecule has 1 N–H and O–H groups in total. The van der Waals surface area contributed by atoms with E-state index >= 15 is 0 Å². The van der Waals surface area contributed by atoms with E-state index in [1.807, 2.05) is 18.2 Å². The third-order valence-electron chi connectivity index (χ3n) is 3.85. The maximum atomic E-state index is 9.94. The van der Waals surface area contributed by atoms with E-state index in [9.17, 15) is 5.11 Å². The zero-order valence-electron chi connectivity index (χ0n) is 10.4. The van der Waals surface area contributed by atoms with E-state index in [0.717, 1.165) is 30.1 Å². The van der Waals surface area contributed by atoms with Crippen LogP contribution in [0.15, 0.2) is 24.3 Å². The van der Waals surface area contributed by atoms with Gasteiger partial charge in [0.15, 0.2) is 0 Å². The van der Waals surface area contributed by atoms with Gasteiger partial charge in [-0.15, -0.1) is 0 Å². The molecule has 0 bridgehead atoms. The Bertz CT molecular complexity index is 382. The maximum Gasteiger partial charge on any atom is 0.0693 e. The van der Waals surface area contributed by atoms with Crippen LogP contribution in [0.4, 0.5) is 0 Å². The zero-order chi connectivity index (χ0) is 12.4. The van der Waals surface area contributed by atoms with E-state index in [1.165, 1.54) is 0 Å². The third-order valence-corrected chi connectivity index (χ3v) is 4.20. The summed E-state index contributed by atoms with van der Waals surface area (Å²) in [6, 6.07) is 8.23. The number of nitrogens with zero attached hydrogens (tertiary/aromatic N) is 1. The normalized spacial score (nSPS) is 28.0. The molecular formula is C14H20ClNO. The second-order valence-electron chi connectivity index (χ2n) is 5.03. The van der Waals surface area contributed by atoms with Gasteiger partial charge in [-0.25, -0.2) is 0 Å². The van der Waals surface area contributed by atoms with Crippen LogP contribution >= 0.6 is 11.6 Å². The van der Waals surface area contributed by atoms with Gasteiger partial charge in [0, 0.05) is 17.6 Å². The van der Waals surface area contributed by atoms with E-state index in [0.29, 0.717) is 5.92 Å². The van der Waals surface area contributed by atoms with Gasteiger partial charge in [-0.1, -0.05) is 36.7 Å². The number of hydrogen-bond acceptors (Lipinski definition) is 2. The highest BCUT2D eigenvalue weighted by molar-refractivity contribution is 6.31. The van der Waals surface area contributed by atoms with Gasteiger partial charge in [0.05, 0.1) is 6.10 Å². The second-order valence-corrected chi connectivity index (χ2v) is 5.43. The molecule has 0 aromatic heterocycles. The number of likely N-dealkylation sites (tertiary alicyclic amines) is 1. The van der Waals surface area contributed by atoms with Crippen molar-refractivity contribution >= 4 is 11.6 Å². The standard InChI is InChI=1S/C14H20ClNO/c1-10-7-8-16(9-14(10)17)11(2)12-5-3-4-6-13(12)15/h3-6,10-11,14,17H,7-9H2,1-2H3. The Morgan fingerprint density at radius 1 is 1.41 bits per heavy atom. The number of benzene rings is 1. The topological polar surface area (TPSA) is 23.5 Å². The monoisotopic (exact) mass is 253 g/mol. The Balaban J connectivity index is 2.10. The van der Waals surface area contributed by atoms with Gasteiger partial charge >= 0.3 is 0 Å². The van der Waals surface area contributed by atoms with Crippen molar-refractivity contribution in [3.8, 4) is 0 Å². The lowest BCUT2D eigenvalue weighted by Gasteiger charge is -2.38. The van der Waals surface area contributed by atoms with E-state index in [4.69, 9.17) is 11.6 Å². The molecular weight excluding hydrogens is 234 g/mol. The highest BCUT2D eigenvalue weighted by Crippen LogP contribution is 2.30. The van der Waals surface area contributed by atoms with Crippen molar-refractivity contribution in [2.45, 2.75) is 32.4 Å². The fraction of sp³-hybridized carbons (Fsp3) is 0.571. The summed E-state index contributed by atoms with van der Waals surface area (Å²) in [4.78, 5) is 2.31. The van der Waals surface area contributed by atoms with Crippen LogP contribution in [0.5, 0.6) is 0 Å². The van der Waals surface area contributed by atoms with Gasteiger partial charge in [-0.3, -0.25) is 4.90 Å². The molecule has 0 saturated carbocycles. The molecule has 1 aromatic rings. The number of piperidine rings is 1. The van der Waals surface area contributed by atoms with Crippen molar-refractivity contribution in [2.75, 3.05) is 13.1 Å². The van der Waals surface area contributed by atoms with Gasteiger partial charge in [-0.2, -0.15) is 0 Å². The molecule has 3 heteroatoms. The van der Waals surface area contributed by atoms with Crippen molar-refractivity contribution in [3.63, 3.8) is 0 Å². The first-order valence-corrected chi connectivity index (χ1v) is 6.64. The molecule has 0 amide bonds. The van der Waals surface area contributed by atoms with Crippen LogP contribution < -0.4 is 0 Å². The Morgan fingerprint density at radius 3 is 2.76 bits per heavy atom. The number of aliphatic hydroxyl groups is 1. The molecule has 1 fully saturated rings. The molecule has 2 nitrogen and oxygen atoms in total. The molecule has 3 atom stereocenters. The first-order valence-electron chi connectivity index (χ1n) is 6.26. The summed E-state index contributed by atoms with van der Waals surface area (Å²) in [5.41, 5.74) is 1.15. The lowest BCUT2D eigenvalue weighted by molar-refractivity contribution is 0.0129. The molecule has 0 aliphatic carbocycles. The van der Waals surface area contributed by atoms with Crippen LogP contribution in [0, 0.1) is 5.92 Å². The highest BCUT2D eigenvalue weighted by Gasteiger charge is 2.28. The zero-order valence-corrected chi connectivity index (χ0v) is 11.2. The van der Waals surface area contributed by atoms with Crippen LogP contribution in [0.25, 0.3) is 0 Å². The van der Waals surface area contributed by atoms with Crippen LogP contribution in [0.2, 0.25) is 5.02 Å². The van der Waals surface area contributed by atoms with Gasteiger partial charge in [0.1, 0.15) is 0 Å².